The van der Waals surface area contributed by atoms with Crippen LogP contribution >= 0.6 is 34.8 Å². The van der Waals surface area contributed by atoms with Gasteiger partial charge in [-0.1, -0.05) is 168 Å². The van der Waals surface area contributed by atoms with Crippen molar-refractivity contribution in [1.82, 2.24) is 58.6 Å². The molecule has 0 unspecified atom stereocenters. The van der Waals surface area contributed by atoms with Gasteiger partial charge in [0, 0.05) is 87.0 Å². The smallest absolute Gasteiger partial charge is 0.410 e. The first-order chi connectivity index (χ1) is 49.2. The van der Waals surface area contributed by atoms with Crippen LogP contribution in [0.4, 0.5) is 16.4 Å². The zero-order valence-electron chi connectivity index (χ0n) is 64.2. The first-order valence-corrected chi connectivity index (χ1v) is 37.5. The number of amides is 2. The average Bonchev–Trinajstić information content (AvgIpc) is 0.737. The fourth-order valence-corrected chi connectivity index (χ4v) is 14.2. The molecule has 104 heavy (non-hydrogen) atoms. The second-order valence-electron chi connectivity index (χ2n) is 29.1. The monoisotopic (exact) mass is 1470 g/mol. The van der Waals surface area contributed by atoms with Crippen molar-refractivity contribution in [1.29, 1.82) is 0 Å². The molecule has 0 aliphatic carbocycles. The van der Waals surface area contributed by atoms with E-state index in [1.54, 1.807) is 14.0 Å². The first-order valence-electron chi connectivity index (χ1n) is 36.4. The molecule has 2 aromatic carbocycles. The van der Waals surface area contributed by atoms with Crippen LogP contribution in [-0.2, 0) is 27.4 Å². The number of hydrogen-bond donors (Lipinski definition) is 0. The topological polar surface area (TPSA) is 201 Å². The number of anilines is 2. The maximum atomic E-state index is 14.7. The summed E-state index contributed by atoms with van der Waals surface area (Å²) in [5.74, 6) is 1.39. The lowest BCUT2D eigenvalue weighted by molar-refractivity contribution is -0.128. The van der Waals surface area contributed by atoms with E-state index in [-0.39, 0.29) is 59.8 Å². The largest absolute Gasteiger partial charge is 0.444 e. The van der Waals surface area contributed by atoms with E-state index < -0.39 is 22.2 Å². The van der Waals surface area contributed by atoms with Gasteiger partial charge in [0.2, 0.25) is 11.1 Å². The van der Waals surface area contributed by atoms with Crippen LogP contribution in [0, 0.1) is 0 Å². The van der Waals surface area contributed by atoms with Crippen LogP contribution < -0.4 is 21.2 Å². The molecule has 23 heteroatoms. The fraction of sp³-hybridized carbons (Fsp3) is 0.469. The quantitative estimate of drug-likeness (QED) is 0.0514. The second-order valence-corrected chi connectivity index (χ2v) is 30.3. The highest BCUT2D eigenvalue weighted by Crippen LogP contribution is 2.42. The summed E-state index contributed by atoms with van der Waals surface area (Å²) in [4.78, 5) is 107. The molecule has 20 nitrogen and oxygen atoms in total. The number of aromatic nitrogens is 8. The number of rotatable bonds is 20. The van der Waals surface area contributed by atoms with Crippen molar-refractivity contribution in [2.75, 3.05) is 62.2 Å². The third-order valence-corrected chi connectivity index (χ3v) is 20.0. The van der Waals surface area contributed by atoms with Gasteiger partial charge in [0.25, 0.3) is 0 Å². The Kier molecular flexibility index (Phi) is 27.5. The van der Waals surface area contributed by atoms with E-state index in [1.165, 1.54) is 6.08 Å². The molecule has 2 aliphatic heterocycles. The first kappa shape index (κ1) is 81.3. The van der Waals surface area contributed by atoms with Crippen molar-refractivity contribution in [3.8, 4) is 33.9 Å². The molecule has 8 heterocycles. The number of carbonyl (C=O) groups excluding carboxylic acids is 3. The fourth-order valence-electron chi connectivity index (χ4n) is 13.7. The maximum absolute atomic E-state index is 14.7. The van der Waals surface area contributed by atoms with E-state index in [0.29, 0.717) is 106 Å². The van der Waals surface area contributed by atoms with E-state index in [4.69, 9.17) is 69.4 Å². The summed E-state index contributed by atoms with van der Waals surface area (Å²) in [5.41, 5.74) is 9.73. The van der Waals surface area contributed by atoms with Gasteiger partial charge >= 0.3 is 17.5 Å². The summed E-state index contributed by atoms with van der Waals surface area (Å²) < 4.78 is 9.05. The molecule has 4 atom stereocenters. The number of carbonyl (C=O) groups is 3. The van der Waals surface area contributed by atoms with Crippen molar-refractivity contribution >= 4 is 85.7 Å². The number of fused-ring (bicyclic) bond motifs is 2. The Morgan fingerprint density at radius 3 is 1.28 bits per heavy atom. The summed E-state index contributed by atoms with van der Waals surface area (Å²) in [6, 6.07) is 23.5. The van der Waals surface area contributed by atoms with E-state index in [1.807, 2.05) is 126 Å². The summed E-state index contributed by atoms with van der Waals surface area (Å²) in [6.45, 7) is 52.4. The number of nitrogens with zero attached hydrogens (tertiary/aromatic N) is 14. The zero-order chi connectivity index (χ0) is 76.5. The number of pyridine rings is 4. The van der Waals surface area contributed by atoms with E-state index >= 15 is 0 Å². The Labute approximate surface area is 629 Å². The van der Waals surface area contributed by atoms with Gasteiger partial charge in [-0.15, -0.1) is 0 Å². The molecule has 8 aromatic rings. The van der Waals surface area contributed by atoms with Crippen LogP contribution in [0.3, 0.4) is 0 Å². The van der Waals surface area contributed by atoms with Gasteiger partial charge in [-0.05, 0) is 169 Å². The van der Waals surface area contributed by atoms with Crippen LogP contribution in [0.15, 0.2) is 120 Å². The van der Waals surface area contributed by atoms with Crippen LogP contribution in [0.2, 0.25) is 10.0 Å². The van der Waals surface area contributed by atoms with Gasteiger partial charge in [0.15, 0.2) is 11.3 Å². The molecule has 0 saturated carbocycles. The predicted molar refractivity (Wildman–Crippen MR) is 425 cm³/mol. The third-order valence-electron chi connectivity index (χ3n) is 19.2. The molecule has 2 aliphatic rings. The van der Waals surface area contributed by atoms with Gasteiger partial charge in [0.05, 0.1) is 55.0 Å². The Bertz CT molecular complexity index is 4560. The van der Waals surface area contributed by atoms with Crippen LogP contribution in [0.1, 0.15) is 189 Å². The summed E-state index contributed by atoms with van der Waals surface area (Å²) >= 11 is 19.0. The van der Waals surface area contributed by atoms with E-state index in [2.05, 4.69) is 128 Å². The average molecular weight is 1480 g/mol. The molecule has 2 amide bonds. The Morgan fingerprint density at radius 1 is 0.558 bits per heavy atom. The highest BCUT2D eigenvalue weighted by Gasteiger charge is 2.38. The summed E-state index contributed by atoms with van der Waals surface area (Å²) in [7, 11) is 0. The van der Waals surface area contributed by atoms with Crippen LogP contribution in [0.5, 0.6) is 0 Å². The zero-order valence-corrected chi connectivity index (χ0v) is 66.5. The molecule has 0 N–H and O–H groups in total. The Hall–Kier alpha value is -8.40. The van der Waals surface area contributed by atoms with Crippen molar-refractivity contribution < 1.29 is 19.1 Å². The molecule has 2 fully saturated rings. The maximum Gasteiger partial charge on any atom is 0.410 e. The van der Waals surface area contributed by atoms with Gasteiger partial charge in [-0.25, -0.2) is 33.5 Å². The van der Waals surface area contributed by atoms with Crippen LogP contribution in [-0.4, -0.2) is 158 Å². The molecule has 0 radical (unpaired) electrons. The lowest BCUT2D eigenvalue weighted by Gasteiger charge is -2.44. The highest BCUT2D eigenvalue weighted by atomic mass is 35.5. The number of allylic oxidation sites excluding steroid dienone is 1. The Balaban J connectivity index is 0.000000247. The Morgan fingerprint density at radius 2 is 0.933 bits per heavy atom. The molecule has 556 valence electrons. The van der Waals surface area contributed by atoms with Gasteiger partial charge in [-0.2, -0.15) is 9.97 Å². The minimum Gasteiger partial charge on any atom is -0.444 e. The molecular weight excluding hydrogens is 1370 g/mol. The van der Waals surface area contributed by atoms with Crippen molar-refractivity contribution in [2.24, 2.45) is 0 Å². The van der Waals surface area contributed by atoms with Crippen molar-refractivity contribution in [3.05, 3.63) is 175 Å². The molecule has 0 bridgehead atoms. The minimum absolute atomic E-state index is 0.0218. The standard InChI is InChI=1S/C40H54ClN7O3.C38H48ClN7O2.C3H3ClO/c1-12-45(13-2)23-28-18-19-42-33(25(5)6)35(28)48-37-31(20-32(41)34(43-37)30-17-15-14-16-29(30)24(3)4)36(44-38(48)49)46-21-27(8)47(22-26(46)7)39(50)51-40(9,10)11;1-10-32(47)44-20-26(9)45(21-25(44)8)36-30-19-31(39)34(29-16-14-13-15-28(29)23(4)5)41-37(30)46(38(48)42-36)35-27(22-43(11-2)12-3)17-18-40-33(35)24(6)7;1-2-3(4)5/h14-20,24-27H,12-13,21-23H2,1-11H3;10,13-19,23-26H,1,11-12,20-22H2,2-9H3;2H,1H2/t26-,27+;25-,26+;/m01./s1. The van der Waals surface area contributed by atoms with Gasteiger partial charge in [0.1, 0.15) is 17.2 Å². The SMILES string of the molecule is C=CC(=O)Cl.C=CC(=O)N1C[C@H](C)N(c2nc(=O)n(-c3c(CN(CC)CC)ccnc3C(C)C)c3nc(-c4ccccc4C(C)C)c(Cl)cc23)C[C@H]1C.CCN(CC)Cc1ccnc(C(C)C)c1-n1c(=O)nc(N2C[C@@H](C)N(C(=O)OC(C)(C)C)C[C@@H]2C)c2cc(Cl)c(-c3ccccc3C(C)C)nc21. The molecule has 10 rings (SSSR count). The summed E-state index contributed by atoms with van der Waals surface area (Å²) in [5, 5.41) is 1.76. The lowest BCUT2D eigenvalue weighted by atomic mass is 9.95. The van der Waals surface area contributed by atoms with Crippen molar-refractivity contribution in [2.45, 2.75) is 198 Å². The number of halogens is 3. The number of hydrogen-bond acceptors (Lipinski definition) is 16. The summed E-state index contributed by atoms with van der Waals surface area (Å²) in [6.07, 6.45) is 5.69. The number of piperazine rings is 2. The molecular formula is C81H105Cl3N14O6. The molecule has 0 spiro atoms. The lowest BCUT2D eigenvalue weighted by Crippen LogP contribution is -2.59. The van der Waals surface area contributed by atoms with Crippen molar-refractivity contribution in [3.63, 3.8) is 0 Å². The molecule has 2 saturated heterocycles. The third kappa shape index (κ3) is 18.1. The molecule has 6 aromatic heterocycles. The van der Waals surface area contributed by atoms with Gasteiger partial charge in [-0.3, -0.25) is 29.4 Å². The second kappa shape index (κ2) is 35.1. The number of benzene rings is 2. The van der Waals surface area contributed by atoms with E-state index in [0.717, 1.165) is 77.0 Å². The van der Waals surface area contributed by atoms with Crippen LogP contribution in [0.25, 0.3) is 56.0 Å². The normalized spacial score (nSPS) is 16.4. The highest BCUT2D eigenvalue weighted by molar-refractivity contribution is 6.66. The minimum atomic E-state index is -0.612. The van der Waals surface area contributed by atoms with E-state index in [9.17, 15) is 24.0 Å². The number of ether oxygens (including phenoxy) is 1. The predicted octanol–water partition coefficient (Wildman–Crippen LogP) is 16.6. The van der Waals surface area contributed by atoms with Gasteiger partial charge < -0.3 is 24.3 Å².